The Morgan fingerprint density at radius 1 is 1.41 bits per heavy atom. The fourth-order valence-electron chi connectivity index (χ4n) is 2.90. The summed E-state index contributed by atoms with van der Waals surface area (Å²) in [6, 6.07) is 0.516. The van der Waals surface area contributed by atoms with Gasteiger partial charge in [-0.2, -0.15) is 0 Å². The molecule has 17 heavy (non-hydrogen) atoms. The van der Waals surface area contributed by atoms with Gasteiger partial charge in [-0.15, -0.1) is 0 Å². The molecule has 4 heteroatoms. The third kappa shape index (κ3) is 2.53. The molecule has 0 saturated carbocycles. The monoisotopic (exact) mass is 235 g/mol. The average molecular weight is 235 g/mol. The van der Waals surface area contributed by atoms with Crippen molar-refractivity contribution in [2.45, 2.75) is 50.8 Å². The zero-order chi connectivity index (χ0) is 11.5. The van der Waals surface area contributed by atoms with Crippen LogP contribution in [0, 0.1) is 0 Å². The Kier molecular flexibility index (Phi) is 3.43. The Hall–Kier alpha value is -0.870. The van der Waals surface area contributed by atoms with Crippen LogP contribution < -0.4 is 5.32 Å². The van der Waals surface area contributed by atoms with E-state index in [0.717, 1.165) is 26.1 Å². The fraction of sp³-hybridized carbons (Fsp3) is 0.769. The van der Waals surface area contributed by atoms with Crippen molar-refractivity contribution in [1.29, 1.82) is 0 Å². The molecule has 2 atom stereocenters. The maximum absolute atomic E-state index is 5.67. The van der Waals surface area contributed by atoms with Crippen molar-refractivity contribution >= 4 is 0 Å². The second kappa shape index (κ2) is 5.19. The van der Waals surface area contributed by atoms with E-state index in [4.69, 9.17) is 4.74 Å². The van der Waals surface area contributed by atoms with Crippen molar-refractivity contribution in [1.82, 2.24) is 14.9 Å². The lowest BCUT2D eigenvalue weighted by molar-refractivity contribution is 0.100. The summed E-state index contributed by atoms with van der Waals surface area (Å²) in [5, 5.41) is 3.54. The van der Waals surface area contributed by atoms with Crippen LogP contribution in [0.3, 0.4) is 0 Å². The van der Waals surface area contributed by atoms with E-state index in [9.17, 15) is 0 Å². The molecule has 94 valence electrons. The predicted molar refractivity (Wildman–Crippen MR) is 65.8 cm³/mol. The number of hydrogen-bond donors (Lipinski definition) is 1. The molecule has 0 spiro atoms. The Balaban J connectivity index is 1.60. The molecular formula is C13H21N3O. The van der Waals surface area contributed by atoms with E-state index >= 15 is 0 Å². The maximum Gasteiger partial charge on any atom is 0.0948 e. The van der Waals surface area contributed by atoms with Crippen molar-refractivity contribution in [3.63, 3.8) is 0 Å². The number of imidazole rings is 1. The number of nitrogens with one attached hydrogen (secondary N) is 1. The number of hydrogen-bond acceptors (Lipinski definition) is 3. The lowest BCUT2D eigenvalue weighted by Gasteiger charge is -2.15. The van der Waals surface area contributed by atoms with Crippen molar-refractivity contribution in [3.05, 3.63) is 18.2 Å². The van der Waals surface area contributed by atoms with Gasteiger partial charge in [0.25, 0.3) is 0 Å². The molecule has 2 aliphatic heterocycles. The van der Waals surface area contributed by atoms with Gasteiger partial charge in [0, 0.05) is 25.4 Å². The first kappa shape index (κ1) is 11.2. The molecule has 0 amide bonds. The number of ether oxygens (including phenoxy) is 1. The molecule has 2 fully saturated rings. The summed E-state index contributed by atoms with van der Waals surface area (Å²) < 4.78 is 7.96. The largest absolute Gasteiger partial charge is 0.378 e. The van der Waals surface area contributed by atoms with Gasteiger partial charge in [0.15, 0.2) is 0 Å². The van der Waals surface area contributed by atoms with Gasteiger partial charge >= 0.3 is 0 Å². The second-order valence-corrected chi connectivity index (χ2v) is 5.08. The van der Waals surface area contributed by atoms with Crippen LogP contribution in [0.4, 0.5) is 0 Å². The summed E-state index contributed by atoms with van der Waals surface area (Å²) >= 11 is 0. The van der Waals surface area contributed by atoms with Crippen molar-refractivity contribution < 1.29 is 4.74 Å². The molecule has 1 aromatic rings. The van der Waals surface area contributed by atoms with Crippen LogP contribution in [0.1, 0.15) is 43.8 Å². The molecule has 0 radical (unpaired) electrons. The summed E-state index contributed by atoms with van der Waals surface area (Å²) in [6.45, 7) is 3.13. The zero-order valence-electron chi connectivity index (χ0n) is 10.3. The molecule has 2 aliphatic rings. The van der Waals surface area contributed by atoms with Crippen LogP contribution in [-0.2, 0) is 11.3 Å². The SMILES string of the molecule is c1ncn(CCC2CCCO2)c1[C@@H]1CCCN1. The van der Waals surface area contributed by atoms with E-state index in [1.807, 2.05) is 12.5 Å². The average Bonchev–Trinajstić information content (AvgIpc) is 3.09. The highest BCUT2D eigenvalue weighted by atomic mass is 16.5. The van der Waals surface area contributed by atoms with Crippen molar-refractivity contribution in [2.75, 3.05) is 13.2 Å². The quantitative estimate of drug-likeness (QED) is 0.866. The Bertz CT molecular complexity index is 351. The summed E-state index contributed by atoms with van der Waals surface area (Å²) in [5.74, 6) is 0. The second-order valence-electron chi connectivity index (χ2n) is 5.08. The topological polar surface area (TPSA) is 39.1 Å². The number of rotatable bonds is 4. The normalized spacial score (nSPS) is 28.9. The summed E-state index contributed by atoms with van der Waals surface area (Å²) in [7, 11) is 0. The van der Waals surface area contributed by atoms with Crippen LogP contribution in [0.5, 0.6) is 0 Å². The fourth-order valence-corrected chi connectivity index (χ4v) is 2.90. The number of aryl methyl sites for hydroxylation is 1. The van der Waals surface area contributed by atoms with Crippen molar-refractivity contribution in [2.24, 2.45) is 0 Å². The molecule has 2 saturated heterocycles. The molecule has 0 aliphatic carbocycles. The molecular weight excluding hydrogens is 214 g/mol. The molecule has 3 heterocycles. The highest BCUT2D eigenvalue weighted by Gasteiger charge is 2.21. The van der Waals surface area contributed by atoms with Crippen LogP contribution in [0.2, 0.25) is 0 Å². The van der Waals surface area contributed by atoms with Gasteiger partial charge in [-0.1, -0.05) is 0 Å². The highest BCUT2D eigenvalue weighted by Crippen LogP contribution is 2.23. The summed E-state index contributed by atoms with van der Waals surface area (Å²) in [5.41, 5.74) is 1.35. The van der Waals surface area contributed by atoms with Crippen LogP contribution >= 0.6 is 0 Å². The van der Waals surface area contributed by atoms with Crippen LogP contribution in [0.15, 0.2) is 12.5 Å². The first-order chi connectivity index (χ1) is 8.43. The molecule has 0 aromatic carbocycles. The Labute approximate surface area is 102 Å². The smallest absolute Gasteiger partial charge is 0.0948 e. The van der Waals surface area contributed by atoms with Gasteiger partial charge < -0.3 is 14.6 Å². The molecule has 1 aromatic heterocycles. The van der Waals surface area contributed by atoms with E-state index < -0.39 is 0 Å². The third-order valence-corrected chi connectivity index (χ3v) is 3.88. The van der Waals surface area contributed by atoms with E-state index in [1.54, 1.807) is 0 Å². The van der Waals surface area contributed by atoms with E-state index in [-0.39, 0.29) is 0 Å². The van der Waals surface area contributed by atoms with Gasteiger partial charge in [0.05, 0.1) is 18.1 Å². The highest BCUT2D eigenvalue weighted by molar-refractivity contribution is 5.07. The van der Waals surface area contributed by atoms with Crippen molar-refractivity contribution in [3.8, 4) is 0 Å². The standard InChI is InChI=1S/C13H21N3O/c1-4-12(15-6-1)13-9-14-10-16(13)7-5-11-3-2-8-17-11/h9-12,15H,1-8H2/t11?,12-/m0/s1. The maximum atomic E-state index is 5.67. The van der Waals surface area contributed by atoms with Gasteiger partial charge in [0.2, 0.25) is 0 Å². The van der Waals surface area contributed by atoms with Gasteiger partial charge in [0.1, 0.15) is 0 Å². The van der Waals surface area contributed by atoms with E-state index in [2.05, 4.69) is 14.9 Å². The minimum Gasteiger partial charge on any atom is -0.378 e. The Morgan fingerprint density at radius 3 is 3.18 bits per heavy atom. The van der Waals surface area contributed by atoms with Gasteiger partial charge in [-0.3, -0.25) is 0 Å². The molecule has 3 rings (SSSR count). The summed E-state index contributed by atoms with van der Waals surface area (Å²) in [4.78, 5) is 4.29. The van der Waals surface area contributed by atoms with Gasteiger partial charge in [-0.25, -0.2) is 4.98 Å². The minimum atomic E-state index is 0.474. The van der Waals surface area contributed by atoms with E-state index in [0.29, 0.717) is 12.1 Å². The molecule has 1 N–H and O–H groups in total. The molecule has 4 nitrogen and oxygen atoms in total. The first-order valence-corrected chi connectivity index (χ1v) is 6.78. The number of aromatic nitrogens is 2. The molecule has 1 unspecified atom stereocenters. The van der Waals surface area contributed by atoms with Crippen LogP contribution in [-0.4, -0.2) is 28.8 Å². The first-order valence-electron chi connectivity index (χ1n) is 6.78. The molecule has 0 bridgehead atoms. The van der Waals surface area contributed by atoms with E-state index in [1.165, 1.54) is 31.4 Å². The lowest BCUT2D eigenvalue weighted by atomic mass is 10.1. The van der Waals surface area contributed by atoms with Crippen LogP contribution in [0.25, 0.3) is 0 Å². The lowest BCUT2D eigenvalue weighted by Crippen LogP contribution is -2.18. The zero-order valence-corrected chi connectivity index (χ0v) is 10.3. The Morgan fingerprint density at radius 2 is 2.41 bits per heavy atom. The van der Waals surface area contributed by atoms with Gasteiger partial charge in [-0.05, 0) is 38.6 Å². The number of nitrogens with zero attached hydrogens (tertiary/aromatic N) is 2. The summed E-state index contributed by atoms with van der Waals surface area (Å²) in [6.07, 6.45) is 10.5. The minimum absolute atomic E-state index is 0.474. The third-order valence-electron chi connectivity index (χ3n) is 3.88. The predicted octanol–water partition coefficient (Wildman–Crippen LogP) is 1.88.